The molecule has 5 nitrogen and oxygen atoms in total. The minimum Gasteiger partial charge on any atom is -0.492 e. The first-order chi connectivity index (χ1) is 14.1. The van der Waals surface area contributed by atoms with Crippen LogP contribution in [0.1, 0.15) is 42.4 Å². The molecule has 2 unspecified atom stereocenters. The molecule has 4 rings (SSSR count). The van der Waals surface area contributed by atoms with E-state index in [1.165, 1.54) is 17.5 Å². The third-order valence-corrected chi connectivity index (χ3v) is 7.50. The van der Waals surface area contributed by atoms with E-state index in [0.29, 0.717) is 31.5 Å². The highest BCUT2D eigenvalue weighted by Gasteiger charge is 2.37. The molecule has 2 aliphatic rings. The van der Waals surface area contributed by atoms with Gasteiger partial charge in [0.1, 0.15) is 12.4 Å². The monoisotopic (exact) mass is 414 g/mol. The number of nitrogens with one attached hydrogen (secondary N) is 1. The predicted octanol–water partition coefficient (Wildman–Crippen LogP) is 3.31. The molecule has 0 aromatic heterocycles. The molecule has 0 bridgehead atoms. The van der Waals surface area contributed by atoms with Crippen molar-refractivity contribution in [3.8, 4) is 5.75 Å². The highest BCUT2D eigenvalue weighted by Crippen LogP contribution is 2.39. The van der Waals surface area contributed by atoms with Gasteiger partial charge in [-0.15, -0.1) is 0 Å². The maximum atomic E-state index is 12.0. The summed E-state index contributed by atoms with van der Waals surface area (Å²) in [5.74, 6) is 1.44. The molecule has 1 N–H and O–H groups in total. The summed E-state index contributed by atoms with van der Waals surface area (Å²) in [4.78, 5) is 2.52. The van der Waals surface area contributed by atoms with Crippen LogP contribution in [0.3, 0.4) is 0 Å². The molecule has 0 spiro atoms. The number of sulfonamides is 1. The first-order valence-electron chi connectivity index (χ1n) is 10.6. The smallest absolute Gasteiger partial charge is 0.211 e. The highest BCUT2D eigenvalue weighted by molar-refractivity contribution is 7.89. The second-order valence-electron chi connectivity index (χ2n) is 8.08. The van der Waals surface area contributed by atoms with Crippen LogP contribution < -0.4 is 9.46 Å². The fraction of sp³-hybridized carbons (Fsp3) is 0.478. The van der Waals surface area contributed by atoms with E-state index < -0.39 is 10.0 Å². The lowest BCUT2D eigenvalue weighted by Gasteiger charge is -2.45. The summed E-state index contributed by atoms with van der Waals surface area (Å²) in [6.07, 6.45) is 2.83. The summed E-state index contributed by atoms with van der Waals surface area (Å²) in [6.45, 7) is 5.17. The molecule has 1 saturated heterocycles. The van der Waals surface area contributed by atoms with Gasteiger partial charge in [-0.25, -0.2) is 13.1 Å². The van der Waals surface area contributed by atoms with Gasteiger partial charge in [0, 0.05) is 12.5 Å². The number of benzene rings is 2. The zero-order valence-corrected chi connectivity index (χ0v) is 17.8. The SMILES string of the molecule is CCCS(=O)(=O)NCc1ccc2c(c1)C(Cc1ccccc1)C(N1CCC1)CO2. The summed E-state index contributed by atoms with van der Waals surface area (Å²) in [7, 11) is -3.22. The van der Waals surface area contributed by atoms with Crippen molar-refractivity contribution in [2.24, 2.45) is 0 Å². The Balaban J connectivity index is 1.59. The second kappa shape index (κ2) is 8.86. The Kier molecular flexibility index (Phi) is 6.23. The van der Waals surface area contributed by atoms with Crippen molar-refractivity contribution in [2.45, 2.75) is 44.7 Å². The second-order valence-corrected chi connectivity index (χ2v) is 10.0. The van der Waals surface area contributed by atoms with Gasteiger partial charge in [-0.1, -0.05) is 49.4 Å². The van der Waals surface area contributed by atoms with Gasteiger partial charge in [-0.3, -0.25) is 4.90 Å². The normalized spacial score (nSPS) is 21.8. The first kappa shape index (κ1) is 20.4. The van der Waals surface area contributed by atoms with Crippen molar-refractivity contribution in [3.05, 3.63) is 65.2 Å². The van der Waals surface area contributed by atoms with Gasteiger partial charge in [0.05, 0.1) is 11.8 Å². The van der Waals surface area contributed by atoms with Gasteiger partial charge < -0.3 is 4.74 Å². The molecule has 1 fully saturated rings. The number of ether oxygens (including phenoxy) is 1. The van der Waals surface area contributed by atoms with Crippen LogP contribution in [-0.2, 0) is 23.0 Å². The Bertz CT molecular complexity index is 926. The van der Waals surface area contributed by atoms with Crippen molar-refractivity contribution in [1.82, 2.24) is 9.62 Å². The van der Waals surface area contributed by atoms with E-state index in [1.54, 1.807) is 0 Å². The largest absolute Gasteiger partial charge is 0.492 e. The molecular formula is C23H30N2O3S. The Morgan fingerprint density at radius 1 is 1.10 bits per heavy atom. The number of nitrogens with zero attached hydrogens (tertiary/aromatic N) is 1. The van der Waals surface area contributed by atoms with E-state index in [9.17, 15) is 8.42 Å². The summed E-state index contributed by atoms with van der Waals surface area (Å²) < 4.78 is 32.9. The van der Waals surface area contributed by atoms with Crippen molar-refractivity contribution in [2.75, 3.05) is 25.4 Å². The van der Waals surface area contributed by atoms with E-state index in [1.807, 2.05) is 19.1 Å². The van der Waals surface area contributed by atoms with Crippen LogP contribution in [0.15, 0.2) is 48.5 Å². The van der Waals surface area contributed by atoms with Crippen LogP contribution in [0.4, 0.5) is 0 Å². The van der Waals surface area contributed by atoms with Crippen molar-refractivity contribution < 1.29 is 13.2 Å². The van der Waals surface area contributed by atoms with Gasteiger partial charge in [0.15, 0.2) is 0 Å². The molecular weight excluding hydrogens is 384 g/mol. The first-order valence-corrected chi connectivity index (χ1v) is 12.2. The van der Waals surface area contributed by atoms with Gasteiger partial charge in [0.2, 0.25) is 10.0 Å². The average molecular weight is 415 g/mol. The lowest BCUT2D eigenvalue weighted by molar-refractivity contribution is 0.0501. The predicted molar refractivity (Wildman–Crippen MR) is 116 cm³/mol. The van der Waals surface area contributed by atoms with Crippen LogP contribution in [0.2, 0.25) is 0 Å². The topological polar surface area (TPSA) is 58.6 Å². The molecule has 0 radical (unpaired) electrons. The van der Waals surface area contributed by atoms with Gasteiger partial charge in [-0.05, 0) is 55.1 Å². The molecule has 0 saturated carbocycles. The summed E-state index contributed by atoms with van der Waals surface area (Å²) >= 11 is 0. The summed E-state index contributed by atoms with van der Waals surface area (Å²) in [5.41, 5.74) is 3.50. The Hall–Kier alpha value is -1.89. The third kappa shape index (κ3) is 4.82. The van der Waals surface area contributed by atoms with Crippen molar-refractivity contribution in [3.63, 3.8) is 0 Å². The van der Waals surface area contributed by atoms with Crippen molar-refractivity contribution >= 4 is 10.0 Å². The molecule has 6 heteroatoms. The standard InChI is InChI=1S/C23H30N2O3S/c1-2-13-29(26,27)24-16-19-9-10-23-21(15-19)20(14-18-7-4-3-5-8-18)22(17-28-23)25-11-6-12-25/h3-5,7-10,15,20,22,24H,2,6,11-14,16-17H2,1H3. The Labute approximate surface area is 174 Å². The molecule has 0 aliphatic carbocycles. The van der Waals surface area contributed by atoms with E-state index in [-0.39, 0.29) is 5.75 Å². The van der Waals surface area contributed by atoms with Gasteiger partial charge in [0.25, 0.3) is 0 Å². The maximum absolute atomic E-state index is 12.0. The Morgan fingerprint density at radius 3 is 2.59 bits per heavy atom. The highest BCUT2D eigenvalue weighted by atomic mass is 32.2. The Morgan fingerprint density at radius 2 is 1.90 bits per heavy atom. The molecule has 2 heterocycles. The van der Waals surface area contributed by atoms with Crippen LogP contribution in [0.5, 0.6) is 5.75 Å². The molecule has 2 aliphatic heterocycles. The van der Waals surface area contributed by atoms with Crippen LogP contribution >= 0.6 is 0 Å². The maximum Gasteiger partial charge on any atom is 0.211 e. The number of rotatable bonds is 8. The lowest BCUT2D eigenvalue weighted by atomic mass is 9.81. The van der Waals surface area contributed by atoms with Crippen LogP contribution in [0, 0.1) is 0 Å². The zero-order chi connectivity index (χ0) is 20.3. The van der Waals surface area contributed by atoms with Crippen LogP contribution in [-0.4, -0.2) is 44.8 Å². The fourth-order valence-electron chi connectivity index (χ4n) is 4.31. The minimum absolute atomic E-state index is 0.161. The lowest BCUT2D eigenvalue weighted by Crippen LogP contribution is -2.52. The van der Waals surface area contributed by atoms with Gasteiger partial charge in [-0.2, -0.15) is 0 Å². The zero-order valence-electron chi connectivity index (χ0n) is 17.0. The average Bonchev–Trinajstić information content (AvgIpc) is 2.67. The fourth-order valence-corrected chi connectivity index (χ4v) is 5.38. The van der Waals surface area contributed by atoms with E-state index >= 15 is 0 Å². The quantitative estimate of drug-likeness (QED) is 0.720. The number of fused-ring (bicyclic) bond motifs is 1. The molecule has 2 aromatic carbocycles. The molecule has 2 aromatic rings. The molecule has 0 amide bonds. The molecule has 2 atom stereocenters. The van der Waals surface area contributed by atoms with E-state index in [0.717, 1.165) is 30.8 Å². The number of hydrogen-bond donors (Lipinski definition) is 1. The summed E-state index contributed by atoms with van der Waals surface area (Å²) in [6, 6.07) is 17.1. The number of likely N-dealkylation sites (tertiary alicyclic amines) is 1. The molecule has 29 heavy (non-hydrogen) atoms. The third-order valence-electron chi connectivity index (χ3n) is 5.97. The number of hydrogen-bond acceptors (Lipinski definition) is 4. The van der Waals surface area contributed by atoms with Crippen LogP contribution in [0.25, 0.3) is 0 Å². The van der Waals surface area contributed by atoms with E-state index in [4.69, 9.17) is 4.74 Å². The summed E-state index contributed by atoms with van der Waals surface area (Å²) in [5, 5.41) is 0. The van der Waals surface area contributed by atoms with E-state index in [2.05, 4.69) is 46.0 Å². The van der Waals surface area contributed by atoms with Gasteiger partial charge >= 0.3 is 0 Å². The minimum atomic E-state index is -3.22. The van der Waals surface area contributed by atoms with Crippen molar-refractivity contribution in [1.29, 1.82) is 0 Å². The molecule has 156 valence electrons.